The number of ether oxygens (including phenoxy) is 3. The fraction of sp³-hybridized carbons (Fsp3) is 0.400. The van der Waals surface area contributed by atoms with Crippen LogP contribution in [0.4, 0.5) is 0 Å². The molecule has 0 bridgehead atoms. The normalized spacial score (nSPS) is 11.1. The number of imidazole rings is 1. The number of nitrogens with zero attached hydrogens (tertiary/aromatic N) is 4. The van der Waals surface area contributed by atoms with Crippen molar-refractivity contribution in [3.63, 3.8) is 0 Å². The molecule has 0 aliphatic heterocycles. The summed E-state index contributed by atoms with van der Waals surface area (Å²) in [4.78, 5) is 6.66. The van der Waals surface area contributed by atoms with E-state index in [9.17, 15) is 0 Å². The molecule has 3 aromatic rings. The molecule has 0 amide bonds. The molecule has 0 saturated carbocycles. The lowest BCUT2D eigenvalue weighted by Crippen LogP contribution is -2.20. The van der Waals surface area contributed by atoms with E-state index in [2.05, 4.69) is 38.6 Å². The van der Waals surface area contributed by atoms with Crippen LogP contribution in [0.1, 0.15) is 18.3 Å². The molecule has 0 saturated heterocycles. The molecular formula is C20H27N5O3. The van der Waals surface area contributed by atoms with Crippen LogP contribution in [0, 0.1) is 0 Å². The third kappa shape index (κ3) is 3.96. The number of hydrogen-bond donors (Lipinski definition) is 1. The lowest BCUT2D eigenvalue weighted by atomic mass is 10.1. The van der Waals surface area contributed by atoms with Gasteiger partial charge in [0.1, 0.15) is 5.82 Å². The summed E-state index contributed by atoms with van der Waals surface area (Å²) in [7, 11) is 6.88. The van der Waals surface area contributed by atoms with Gasteiger partial charge in [-0.2, -0.15) is 5.10 Å². The lowest BCUT2D eigenvalue weighted by Gasteiger charge is -2.18. The van der Waals surface area contributed by atoms with Gasteiger partial charge in [-0.25, -0.2) is 4.98 Å². The second-order valence-electron chi connectivity index (χ2n) is 6.49. The zero-order chi connectivity index (χ0) is 20.1. The molecule has 1 aromatic carbocycles. The summed E-state index contributed by atoms with van der Waals surface area (Å²) in [6, 6.07) is 3.84. The van der Waals surface area contributed by atoms with E-state index >= 15 is 0 Å². The smallest absolute Gasteiger partial charge is 0.203 e. The van der Waals surface area contributed by atoms with E-state index in [1.54, 1.807) is 21.3 Å². The van der Waals surface area contributed by atoms with Crippen LogP contribution in [-0.4, -0.2) is 53.0 Å². The van der Waals surface area contributed by atoms with Crippen LogP contribution in [0.15, 0.2) is 30.7 Å². The number of nitrogens with one attached hydrogen (secondary N) is 1. The highest BCUT2D eigenvalue weighted by Crippen LogP contribution is 2.41. The Morgan fingerprint density at radius 3 is 2.39 bits per heavy atom. The Balaban J connectivity index is 1.85. The van der Waals surface area contributed by atoms with Crippen LogP contribution < -0.4 is 14.2 Å². The van der Waals surface area contributed by atoms with Crippen LogP contribution in [0.5, 0.6) is 17.2 Å². The number of rotatable bonds is 9. The molecule has 150 valence electrons. The van der Waals surface area contributed by atoms with E-state index in [1.807, 2.05) is 30.7 Å². The zero-order valence-corrected chi connectivity index (χ0v) is 17.0. The summed E-state index contributed by atoms with van der Waals surface area (Å²) in [5, 5.41) is 7.35. The number of benzene rings is 1. The Kier molecular flexibility index (Phi) is 6.20. The van der Waals surface area contributed by atoms with E-state index < -0.39 is 0 Å². The summed E-state index contributed by atoms with van der Waals surface area (Å²) >= 11 is 0. The largest absolute Gasteiger partial charge is 0.493 e. The highest BCUT2D eigenvalue weighted by atomic mass is 16.5. The van der Waals surface area contributed by atoms with Crippen LogP contribution >= 0.6 is 0 Å². The van der Waals surface area contributed by atoms with Gasteiger partial charge >= 0.3 is 0 Å². The van der Waals surface area contributed by atoms with Gasteiger partial charge in [0.05, 0.1) is 39.8 Å². The third-order valence-corrected chi connectivity index (χ3v) is 4.67. The van der Waals surface area contributed by atoms with E-state index in [1.165, 1.54) is 0 Å². The van der Waals surface area contributed by atoms with Gasteiger partial charge in [0.25, 0.3) is 0 Å². The second-order valence-corrected chi connectivity index (χ2v) is 6.49. The van der Waals surface area contributed by atoms with Crippen molar-refractivity contribution in [2.45, 2.75) is 26.6 Å². The Morgan fingerprint density at radius 1 is 1.07 bits per heavy atom. The Labute approximate surface area is 165 Å². The molecule has 3 rings (SSSR count). The van der Waals surface area contributed by atoms with Gasteiger partial charge in [-0.15, -0.1) is 0 Å². The fourth-order valence-corrected chi connectivity index (χ4v) is 3.27. The fourth-order valence-electron chi connectivity index (χ4n) is 3.27. The Hall–Kier alpha value is -3.00. The molecule has 2 heterocycles. The molecule has 0 spiro atoms. The van der Waals surface area contributed by atoms with Gasteiger partial charge < -0.3 is 18.8 Å². The summed E-state index contributed by atoms with van der Waals surface area (Å²) < 4.78 is 18.5. The highest BCUT2D eigenvalue weighted by molar-refractivity contribution is 5.70. The monoisotopic (exact) mass is 385 g/mol. The molecule has 8 nitrogen and oxygen atoms in total. The third-order valence-electron chi connectivity index (χ3n) is 4.67. The molecule has 0 atom stereocenters. The van der Waals surface area contributed by atoms with Gasteiger partial charge in [0, 0.05) is 36.6 Å². The van der Waals surface area contributed by atoms with Crippen molar-refractivity contribution in [2.75, 3.05) is 28.4 Å². The first-order valence-corrected chi connectivity index (χ1v) is 9.12. The molecule has 0 unspecified atom stereocenters. The maximum Gasteiger partial charge on any atom is 0.203 e. The van der Waals surface area contributed by atoms with Crippen molar-refractivity contribution in [1.82, 2.24) is 24.6 Å². The standard InChI is InChI=1S/C20H27N5O3/c1-6-25-8-7-21-18(25)13-24(2)12-15-11-22-23-19(15)14-9-16(26-3)20(28-5)17(10-14)27-4/h7-11H,6,12-13H2,1-5H3,(H,22,23). The Bertz CT molecular complexity index is 893. The number of aromatic amines is 1. The van der Waals surface area contributed by atoms with Crippen molar-refractivity contribution >= 4 is 0 Å². The van der Waals surface area contributed by atoms with Crippen molar-refractivity contribution < 1.29 is 14.2 Å². The minimum absolute atomic E-state index is 0.568. The SMILES string of the molecule is CCn1ccnc1CN(C)Cc1cn[nH]c1-c1cc(OC)c(OC)c(OC)c1. The van der Waals surface area contributed by atoms with Crippen LogP contribution in [0.2, 0.25) is 0 Å². The van der Waals surface area contributed by atoms with Crippen LogP contribution in [0.25, 0.3) is 11.3 Å². The van der Waals surface area contributed by atoms with Gasteiger partial charge in [0.2, 0.25) is 5.75 Å². The topological polar surface area (TPSA) is 77.4 Å². The van der Waals surface area contributed by atoms with Crippen molar-refractivity contribution in [1.29, 1.82) is 0 Å². The van der Waals surface area contributed by atoms with Crippen LogP contribution in [0.3, 0.4) is 0 Å². The van der Waals surface area contributed by atoms with Gasteiger partial charge in [-0.05, 0) is 26.1 Å². The minimum Gasteiger partial charge on any atom is -0.493 e. The average molecular weight is 385 g/mol. The van der Waals surface area contributed by atoms with E-state index in [0.717, 1.165) is 42.3 Å². The predicted molar refractivity (Wildman–Crippen MR) is 107 cm³/mol. The van der Waals surface area contributed by atoms with Crippen molar-refractivity contribution in [3.05, 3.63) is 42.1 Å². The summed E-state index contributed by atoms with van der Waals surface area (Å²) in [6.07, 6.45) is 5.69. The molecule has 28 heavy (non-hydrogen) atoms. The molecule has 0 aliphatic carbocycles. The van der Waals surface area contributed by atoms with Gasteiger partial charge in [-0.1, -0.05) is 0 Å². The molecule has 2 aromatic heterocycles. The average Bonchev–Trinajstić information content (AvgIpc) is 3.35. The maximum atomic E-state index is 5.47. The number of aromatic nitrogens is 4. The summed E-state index contributed by atoms with van der Waals surface area (Å²) in [6.45, 7) is 4.50. The molecule has 1 N–H and O–H groups in total. The molecule has 0 aliphatic rings. The molecular weight excluding hydrogens is 358 g/mol. The molecule has 0 fully saturated rings. The zero-order valence-electron chi connectivity index (χ0n) is 17.0. The highest BCUT2D eigenvalue weighted by Gasteiger charge is 2.18. The van der Waals surface area contributed by atoms with Gasteiger partial charge in [0.15, 0.2) is 11.5 Å². The number of aryl methyl sites for hydroxylation is 1. The van der Waals surface area contributed by atoms with Crippen LogP contribution in [-0.2, 0) is 19.6 Å². The lowest BCUT2D eigenvalue weighted by molar-refractivity contribution is 0.306. The maximum absolute atomic E-state index is 5.47. The first-order chi connectivity index (χ1) is 13.6. The van der Waals surface area contributed by atoms with Crippen molar-refractivity contribution in [3.8, 4) is 28.5 Å². The summed E-state index contributed by atoms with van der Waals surface area (Å²) in [5.41, 5.74) is 2.92. The predicted octanol–water partition coefficient (Wildman–Crippen LogP) is 2.95. The van der Waals surface area contributed by atoms with E-state index in [-0.39, 0.29) is 0 Å². The van der Waals surface area contributed by atoms with E-state index in [4.69, 9.17) is 14.2 Å². The minimum atomic E-state index is 0.568. The van der Waals surface area contributed by atoms with Gasteiger partial charge in [-0.3, -0.25) is 10.00 Å². The number of hydrogen-bond acceptors (Lipinski definition) is 6. The molecule has 0 radical (unpaired) electrons. The number of methoxy groups -OCH3 is 3. The first kappa shape index (κ1) is 19.8. The quantitative estimate of drug-likeness (QED) is 0.610. The second kappa shape index (κ2) is 8.79. The van der Waals surface area contributed by atoms with Crippen molar-refractivity contribution in [2.24, 2.45) is 0 Å². The summed E-state index contributed by atoms with van der Waals surface area (Å²) in [5.74, 6) is 2.83. The first-order valence-electron chi connectivity index (χ1n) is 9.12. The number of H-pyrrole nitrogens is 1. The Morgan fingerprint density at radius 2 is 1.79 bits per heavy atom. The molecule has 8 heteroatoms. The van der Waals surface area contributed by atoms with E-state index in [0.29, 0.717) is 17.2 Å².